The number of anilines is 1. The van der Waals surface area contributed by atoms with Crippen LogP contribution in [0.5, 0.6) is 0 Å². The van der Waals surface area contributed by atoms with Crippen LogP contribution in [0.4, 0.5) is 5.95 Å². The van der Waals surface area contributed by atoms with Crippen molar-refractivity contribution in [3.05, 3.63) is 33.3 Å². The van der Waals surface area contributed by atoms with Crippen LogP contribution in [0.3, 0.4) is 0 Å². The molecule has 3 N–H and O–H groups in total. The minimum atomic E-state index is -0.124. The van der Waals surface area contributed by atoms with Gasteiger partial charge in [-0.25, -0.2) is 4.98 Å². The molecule has 0 unspecified atom stereocenters. The van der Waals surface area contributed by atoms with Gasteiger partial charge < -0.3 is 15.4 Å². The molecule has 1 spiro atoms. The molecular formula is C20H24BrN7O2. The van der Waals surface area contributed by atoms with Gasteiger partial charge in [-0.05, 0) is 47.8 Å². The number of pyridine rings is 1. The molecule has 0 amide bonds. The first-order chi connectivity index (χ1) is 14.4. The fourth-order valence-corrected chi connectivity index (χ4v) is 5.08. The SMILES string of the molecule is C[C@@H]1OCC2(CCN(c3nc4[nH]nc(-c5ccnc(Br)c5)c4c(=O)n3C)CC2)[C@@H]1N. The summed E-state index contributed by atoms with van der Waals surface area (Å²) < 4.78 is 8.12. The second-order valence-electron chi connectivity index (χ2n) is 8.33. The van der Waals surface area contributed by atoms with Gasteiger partial charge in [-0.2, -0.15) is 10.1 Å². The minimum Gasteiger partial charge on any atom is -0.376 e. The van der Waals surface area contributed by atoms with Crippen LogP contribution in [0.2, 0.25) is 0 Å². The van der Waals surface area contributed by atoms with Gasteiger partial charge in [-0.1, -0.05) is 0 Å². The van der Waals surface area contributed by atoms with Crippen LogP contribution < -0.4 is 16.2 Å². The van der Waals surface area contributed by atoms with Gasteiger partial charge in [0.25, 0.3) is 5.56 Å². The van der Waals surface area contributed by atoms with E-state index < -0.39 is 0 Å². The summed E-state index contributed by atoms with van der Waals surface area (Å²) in [6, 6.07) is 3.71. The first-order valence-corrected chi connectivity index (χ1v) is 10.9. The van der Waals surface area contributed by atoms with Crippen LogP contribution in [0.25, 0.3) is 22.3 Å². The minimum absolute atomic E-state index is 0.0226. The van der Waals surface area contributed by atoms with Crippen molar-refractivity contribution in [1.82, 2.24) is 24.7 Å². The van der Waals surface area contributed by atoms with E-state index in [-0.39, 0.29) is 23.1 Å². The van der Waals surface area contributed by atoms with Crippen molar-refractivity contribution in [2.45, 2.75) is 31.9 Å². The Morgan fingerprint density at radius 2 is 2.13 bits per heavy atom. The molecule has 5 rings (SSSR count). The van der Waals surface area contributed by atoms with Crippen molar-refractivity contribution in [1.29, 1.82) is 0 Å². The molecule has 158 valence electrons. The first kappa shape index (κ1) is 19.7. The molecule has 2 fully saturated rings. The van der Waals surface area contributed by atoms with Crippen molar-refractivity contribution in [3.8, 4) is 11.3 Å². The van der Waals surface area contributed by atoms with Crippen molar-refractivity contribution in [2.75, 3.05) is 24.6 Å². The molecule has 30 heavy (non-hydrogen) atoms. The number of piperidine rings is 1. The maximum Gasteiger partial charge on any atom is 0.266 e. The Morgan fingerprint density at radius 1 is 1.37 bits per heavy atom. The number of H-pyrrole nitrogens is 1. The second kappa shape index (κ2) is 7.14. The summed E-state index contributed by atoms with van der Waals surface area (Å²) in [5, 5.41) is 7.79. The third-order valence-corrected chi connectivity index (χ3v) is 7.10. The number of aromatic amines is 1. The van der Waals surface area contributed by atoms with Gasteiger partial charge in [-0.3, -0.25) is 14.5 Å². The van der Waals surface area contributed by atoms with Gasteiger partial charge in [0.15, 0.2) is 5.65 Å². The summed E-state index contributed by atoms with van der Waals surface area (Å²) in [5.74, 6) is 0.647. The van der Waals surface area contributed by atoms with Crippen molar-refractivity contribution in [2.24, 2.45) is 18.2 Å². The summed E-state index contributed by atoms with van der Waals surface area (Å²) in [7, 11) is 1.76. The summed E-state index contributed by atoms with van der Waals surface area (Å²) in [6.07, 6.45) is 3.61. The van der Waals surface area contributed by atoms with E-state index in [0.29, 0.717) is 33.9 Å². The van der Waals surface area contributed by atoms with E-state index >= 15 is 0 Å². The normalized spacial score (nSPS) is 23.5. The Morgan fingerprint density at radius 3 is 2.80 bits per heavy atom. The lowest BCUT2D eigenvalue weighted by Gasteiger charge is -2.41. The first-order valence-electron chi connectivity index (χ1n) is 10.1. The van der Waals surface area contributed by atoms with Gasteiger partial charge in [0.1, 0.15) is 15.7 Å². The van der Waals surface area contributed by atoms with E-state index in [0.717, 1.165) is 31.5 Å². The van der Waals surface area contributed by atoms with Gasteiger partial charge in [-0.15, -0.1) is 0 Å². The summed E-state index contributed by atoms with van der Waals surface area (Å²) >= 11 is 3.37. The topological polar surface area (TPSA) is 115 Å². The Bertz CT molecular complexity index is 1170. The van der Waals surface area contributed by atoms with E-state index in [1.807, 2.05) is 19.1 Å². The third kappa shape index (κ3) is 2.97. The number of ether oxygens (including phenoxy) is 1. The van der Waals surface area contributed by atoms with Crippen LogP contribution >= 0.6 is 15.9 Å². The predicted octanol–water partition coefficient (Wildman–Crippen LogP) is 1.81. The van der Waals surface area contributed by atoms with Crippen molar-refractivity contribution < 1.29 is 4.74 Å². The third-order valence-electron chi connectivity index (χ3n) is 6.67. The number of nitrogens with one attached hydrogen (secondary N) is 1. The smallest absolute Gasteiger partial charge is 0.266 e. The van der Waals surface area contributed by atoms with Gasteiger partial charge in [0.2, 0.25) is 5.95 Å². The largest absolute Gasteiger partial charge is 0.376 e. The van der Waals surface area contributed by atoms with Gasteiger partial charge in [0, 0.05) is 43.4 Å². The van der Waals surface area contributed by atoms with Gasteiger partial charge in [0.05, 0.1) is 12.7 Å². The molecule has 2 aliphatic heterocycles. The second-order valence-corrected chi connectivity index (χ2v) is 9.14. The molecule has 2 saturated heterocycles. The highest BCUT2D eigenvalue weighted by Crippen LogP contribution is 2.41. The molecule has 3 aromatic heterocycles. The van der Waals surface area contributed by atoms with E-state index in [1.54, 1.807) is 17.8 Å². The number of rotatable bonds is 2. The Labute approximate surface area is 181 Å². The average molecular weight is 474 g/mol. The summed E-state index contributed by atoms with van der Waals surface area (Å²) in [5.41, 5.74) is 8.21. The van der Waals surface area contributed by atoms with Crippen LogP contribution in [0.15, 0.2) is 27.7 Å². The fraction of sp³-hybridized carbons (Fsp3) is 0.500. The molecule has 0 aliphatic carbocycles. The zero-order valence-electron chi connectivity index (χ0n) is 16.9. The molecule has 3 aromatic rings. The molecule has 0 saturated carbocycles. The lowest BCUT2D eigenvalue weighted by atomic mass is 9.73. The number of aromatic nitrogens is 5. The van der Waals surface area contributed by atoms with Crippen LogP contribution in [-0.2, 0) is 11.8 Å². The van der Waals surface area contributed by atoms with Gasteiger partial charge >= 0.3 is 0 Å². The lowest BCUT2D eigenvalue weighted by Crippen LogP contribution is -2.51. The van der Waals surface area contributed by atoms with E-state index in [2.05, 4.69) is 36.0 Å². The molecule has 2 atom stereocenters. The highest BCUT2D eigenvalue weighted by Gasteiger charge is 2.47. The number of nitrogens with two attached hydrogens (primary N) is 1. The van der Waals surface area contributed by atoms with Crippen LogP contribution in [-0.4, -0.2) is 56.6 Å². The predicted molar refractivity (Wildman–Crippen MR) is 117 cm³/mol. The van der Waals surface area contributed by atoms with Crippen LogP contribution in [0.1, 0.15) is 19.8 Å². The standard InChI is InChI=1S/C20H24BrN7O2/c1-11-16(22)20(10-30-11)4-7-28(8-5-20)19-24-17-14(18(29)27(19)2)15(25-26-17)12-3-6-23-13(21)9-12/h3,6,9,11,16H,4-5,7-8,10,22H2,1-2H3,(H,25,26)/t11-,16+/m0/s1. The van der Waals surface area contributed by atoms with E-state index in [1.165, 1.54) is 0 Å². The molecule has 5 heterocycles. The van der Waals surface area contributed by atoms with E-state index in [4.69, 9.17) is 15.5 Å². The Balaban J connectivity index is 1.49. The lowest BCUT2D eigenvalue weighted by molar-refractivity contribution is 0.0973. The number of hydrogen-bond acceptors (Lipinski definition) is 7. The zero-order chi connectivity index (χ0) is 21.0. The Kier molecular flexibility index (Phi) is 4.68. The Hall–Kier alpha value is -2.30. The number of halogens is 1. The van der Waals surface area contributed by atoms with E-state index in [9.17, 15) is 4.79 Å². The highest BCUT2D eigenvalue weighted by atomic mass is 79.9. The molecular weight excluding hydrogens is 450 g/mol. The maximum absolute atomic E-state index is 13.2. The maximum atomic E-state index is 13.2. The molecule has 0 bridgehead atoms. The quantitative estimate of drug-likeness (QED) is 0.545. The van der Waals surface area contributed by atoms with Crippen molar-refractivity contribution >= 4 is 32.9 Å². The van der Waals surface area contributed by atoms with Crippen molar-refractivity contribution in [3.63, 3.8) is 0 Å². The molecule has 2 aliphatic rings. The fourth-order valence-electron chi connectivity index (χ4n) is 4.72. The summed E-state index contributed by atoms with van der Waals surface area (Å²) in [6.45, 7) is 4.32. The molecule has 0 aromatic carbocycles. The molecule has 0 radical (unpaired) electrons. The highest BCUT2D eigenvalue weighted by molar-refractivity contribution is 9.10. The zero-order valence-corrected chi connectivity index (χ0v) is 18.5. The average Bonchev–Trinajstić information content (AvgIpc) is 3.29. The molecule has 9 nitrogen and oxygen atoms in total. The molecule has 10 heteroatoms. The number of nitrogens with zero attached hydrogens (tertiary/aromatic N) is 5. The summed E-state index contributed by atoms with van der Waals surface area (Å²) in [4.78, 5) is 24.3. The monoisotopic (exact) mass is 473 g/mol. The number of fused-ring (bicyclic) bond motifs is 1. The van der Waals surface area contributed by atoms with Crippen LogP contribution in [0, 0.1) is 5.41 Å². The number of hydrogen-bond donors (Lipinski definition) is 2.